The lowest BCUT2D eigenvalue weighted by Crippen LogP contribution is -2.37. The summed E-state index contributed by atoms with van der Waals surface area (Å²) in [6, 6.07) is 6.00. The average molecular weight is 689 g/mol. The molecule has 0 aliphatic rings. The molecule has 0 heterocycles. The summed E-state index contributed by atoms with van der Waals surface area (Å²) in [4.78, 5) is 14.8. The number of alkyl halides is 6. The van der Waals surface area contributed by atoms with Gasteiger partial charge in [0, 0.05) is 23.5 Å². The molecule has 3 nitrogen and oxygen atoms in total. The maximum atomic E-state index is 14.1. The summed E-state index contributed by atoms with van der Waals surface area (Å²) in [5, 5.41) is 9.53. The van der Waals surface area contributed by atoms with Gasteiger partial charge in [0.1, 0.15) is 24.1 Å². The van der Waals surface area contributed by atoms with Crippen LogP contribution in [0.2, 0.25) is 0 Å². The van der Waals surface area contributed by atoms with Gasteiger partial charge < -0.3 is 4.90 Å². The maximum Gasteiger partial charge on any atom is 0.417 e. The maximum absolute atomic E-state index is 14.1. The summed E-state index contributed by atoms with van der Waals surface area (Å²) in [6.45, 7) is 10.8. The number of allylic oxidation sites excluding steroid dienone is 8. The molecule has 1 rings (SSSR count). The number of rotatable bonds is 16. The molecule has 2 atom stereocenters. The van der Waals surface area contributed by atoms with Gasteiger partial charge in [0.2, 0.25) is 0 Å². The van der Waals surface area contributed by atoms with Crippen LogP contribution < -0.4 is 0 Å². The highest BCUT2D eigenvalue weighted by Crippen LogP contribution is 2.40. The number of benzene rings is 1. The molecule has 46 heavy (non-hydrogen) atoms. The zero-order valence-corrected chi connectivity index (χ0v) is 28.3. The Kier molecular flexibility index (Phi) is 19.9. The standard InChI is InChI=1S/C32H34F7N2OPS.C2H6/c1-5-7-9-24(11-8-10-23-13-15-29(44-4)28(18-23)32(38,39)43)21-41(20-22(3)12-14-25(34)16-17-33)30(42)26(19-40)27(6-2)31(35,36)37;1-2/h5-6,8-9,11-16,18,22H,1-2,7,10,17,20-21,43H2,3-4H3;1-2H3/b11-8-,14-12-,24-9+,25-16+,27-26+;. The Bertz CT molecular complexity index is 1370. The predicted molar refractivity (Wildman–Crippen MR) is 178 cm³/mol. The van der Waals surface area contributed by atoms with Crippen molar-refractivity contribution in [2.24, 2.45) is 5.92 Å². The Balaban J connectivity index is 0.00000991. The average Bonchev–Trinajstić information content (AvgIpc) is 3.00. The monoisotopic (exact) mass is 688 g/mol. The minimum absolute atomic E-state index is 0.154. The van der Waals surface area contributed by atoms with Crippen molar-refractivity contribution in [2.75, 3.05) is 26.0 Å². The Morgan fingerprint density at radius 1 is 1.15 bits per heavy atom. The highest BCUT2D eigenvalue weighted by atomic mass is 32.2. The van der Waals surface area contributed by atoms with E-state index in [4.69, 9.17) is 0 Å². The largest absolute Gasteiger partial charge is 0.417 e. The summed E-state index contributed by atoms with van der Waals surface area (Å²) in [7, 11) is 1.52. The highest BCUT2D eigenvalue weighted by Gasteiger charge is 2.37. The molecule has 0 N–H and O–H groups in total. The Hall–Kier alpha value is -3.35. The summed E-state index contributed by atoms with van der Waals surface area (Å²) in [5.41, 5.74) is -4.93. The summed E-state index contributed by atoms with van der Waals surface area (Å²) in [6.07, 6.45) is 7.04. The van der Waals surface area contributed by atoms with E-state index >= 15 is 0 Å². The zero-order valence-electron chi connectivity index (χ0n) is 26.3. The van der Waals surface area contributed by atoms with Crippen LogP contribution in [0.5, 0.6) is 0 Å². The van der Waals surface area contributed by atoms with Gasteiger partial charge in [0.05, 0.1) is 5.57 Å². The predicted octanol–water partition coefficient (Wildman–Crippen LogP) is 10.4. The van der Waals surface area contributed by atoms with Crippen LogP contribution in [0.1, 0.15) is 38.3 Å². The van der Waals surface area contributed by atoms with E-state index in [1.165, 1.54) is 39.2 Å². The first kappa shape index (κ1) is 42.6. The summed E-state index contributed by atoms with van der Waals surface area (Å²) in [5.74, 6) is -2.72. The second kappa shape index (κ2) is 21.4. The SMILES string of the molecule is C=CC/C=C(\C=C/Cc1ccc(SC)c(C(F)(F)P)c1)CN(CC(C)/C=C\C(F)=C/CF)C(=O)/C(C#N)=C(\C=C)C(F)(F)F.CC. The number of hydrogen-bond donors (Lipinski definition) is 0. The smallest absolute Gasteiger partial charge is 0.333 e. The van der Waals surface area contributed by atoms with Crippen molar-refractivity contribution in [1.82, 2.24) is 4.90 Å². The van der Waals surface area contributed by atoms with E-state index in [9.17, 15) is 40.8 Å². The first-order valence-electron chi connectivity index (χ1n) is 14.2. The second-order valence-corrected chi connectivity index (χ2v) is 11.0. The van der Waals surface area contributed by atoms with Crippen LogP contribution in [0.3, 0.4) is 0 Å². The first-order chi connectivity index (χ1) is 21.6. The third-order valence-electron chi connectivity index (χ3n) is 5.98. The van der Waals surface area contributed by atoms with E-state index in [-0.39, 0.29) is 25.1 Å². The van der Waals surface area contributed by atoms with E-state index in [1.54, 1.807) is 49.6 Å². The first-order valence-corrected chi connectivity index (χ1v) is 16.0. The third kappa shape index (κ3) is 14.8. The number of amides is 1. The zero-order chi connectivity index (χ0) is 35.5. The summed E-state index contributed by atoms with van der Waals surface area (Å²) >= 11 is 1.18. The van der Waals surface area contributed by atoms with Gasteiger partial charge in [-0.25, -0.2) is 8.78 Å². The van der Waals surface area contributed by atoms with Gasteiger partial charge in [-0.15, -0.1) is 18.3 Å². The van der Waals surface area contributed by atoms with Crippen LogP contribution >= 0.6 is 21.0 Å². The van der Waals surface area contributed by atoms with Crippen LogP contribution in [0.4, 0.5) is 30.7 Å². The molecule has 0 saturated carbocycles. The molecule has 252 valence electrons. The number of halogens is 7. The molecule has 0 aromatic heterocycles. The Labute approximate surface area is 274 Å². The van der Waals surface area contributed by atoms with Crippen molar-refractivity contribution in [3.05, 3.63) is 114 Å². The fourth-order valence-corrected chi connectivity index (χ4v) is 4.86. The Morgan fingerprint density at radius 3 is 2.30 bits per heavy atom. The van der Waals surface area contributed by atoms with E-state index < -0.39 is 47.3 Å². The molecule has 1 aromatic carbocycles. The van der Waals surface area contributed by atoms with Crippen molar-refractivity contribution in [3.8, 4) is 6.07 Å². The van der Waals surface area contributed by atoms with E-state index in [2.05, 4.69) is 13.2 Å². The van der Waals surface area contributed by atoms with Gasteiger partial charge in [0.25, 0.3) is 11.6 Å². The lowest BCUT2D eigenvalue weighted by molar-refractivity contribution is -0.128. The Morgan fingerprint density at radius 2 is 1.80 bits per heavy atom. The third-order valence-corrected chi connectivity index (χ3v) is 7.09. The van der Waals surface area contributed by atoms with Crippen molar-refractivity contribution in [2.45, 2.75) is 50.3 Å². The van der Waals surface area contributed by atoms with Crippen molar-refractivity contribution >= 4 is 26.9 Å². The van der Waals surface area contributed by atoms with Crippen molar-refractivity contribution in [1.29, 1.82) is 5.26 Å². The molecule has 0 saturated heterocycles. The number of hydrogen-bond acceptors (Lipinski definition) is 3. The highest BCUT2D eigenvalue weighted by molar-refractivity contribution is 7.98. The molecule has 0 radical (unpaired) electrons. The topological polar surface area (TPSA) is 44.1 Å². The number of carbonyl (C=O) groups is 1. The van der Waals surface area contributed by atoms with Gasteiger partial charge in [-0.05, 0) is 60.4 Å². The van der Waals surface area contributed by atoms with E-state index in [1.807, 2.05) is 13.8 Å². The number of carbonyl (C=O) groups excluding carboxylic acids is 1. The van der Waals surface area contributed by atoms with Gasteiger partial charge in [-0.2, -0.15) is 27.2 Å². The van der Waals surface area contributed by atoms with Crippen LogP contribution in [-0.2, 0) is 16.9 Å². The van der Waals surface area contributed by atoms with Crippen molar-refractivity contribution in [3.63, 3.8) is 0 Å². The van der Waals surface area contributed by atoms with Crippen molar-refractivity contribution < 1.29 is 35.5 Å². The van der Waals surface area contributed by atoms with E-state index in [0.29, 0.717) is 34.6 Å². The number of nitriles is 1. The fourth-order valence-electron chi connectivity index (χ4n) is 3.90. The second-order valence-electron chi connectivity index (χ2n) is 9.44. The van der Waals surface area contributed by atoms with Gasteiger partial charge >= 0.3 is 6.18 Å². The molecule has 0 aliphatic carbocycles. The molecule has 2 unspecified atom stereocenters. The van der Waals surface area contributed by atoms with Crippen LogP contribution in [0, 0.1) is 17.2 Å². The van der Waals surface area contributed by atoms with Crippen LogP contribution in [0.15, 0.2) is 107 Å². The van der Waals surface area contributed by atoms with Gasteiger partial charge in [-0.3, -0.25) is 4.79 Å². The van der Waals surface area contributed by atoms with E-state index in [0.717, 1.165) is 11.0 Å². The quantitative estimate of drug-likeness (QED) is 0.0330. The molecule has 0 bridgehead atoms. The number of nitrogens with zero attached hydrogens (tertiary/aromatic N) is 2. The molecule has 0 spiro atoms. The van der Waals surface area contributed by atoms with Gasteiger partial charge in [0.15, 0.2) is 0 Å². The molecule has 0 fully saturated rings. The lowest BCUT2D eigenvalue weighted by atomic mass is 10.0. The molecule has 1 amide bonds. The lowest BCUT2D eigenvalue weighted by Gasteiger charge is -2.26. The minimum Gasteiger partial charge on any atom is -0.333 e. The molecular weight excluding hydrogens is 648 g/mol. The molecule has 0 aliphatic heterocycles. The molecule has 1 aromatic rings. The normalized spacial score (nSPS) is 13.9. The van der Waals surface area contributed by atoms with Gasteiger partial charge in [-0.1, -0.05) is 79.1 Å². The number of thioether (sulfide) groups is 1. The molecule has 12 heteroatoms. The minimum atomic E-state index is -5.03. The van der Waals surface area contributed by atoms with Crippen LogP contribution in [-0.4, -0.2) is 43.0 Å². The van der Waals surface area contributed by atoms with Crippen LogP contribution in [0.25, 0.3) is 0 Å². The summed E-state index contributed by atoms with van der Waals surface area (Å²) < 4.78 is 95.1. The fraction of sp³-hybridized carbons (Fsp3) is 0.353. The molecular formula is C34H40F7N2OPS.